The average molecular weight is 181 g/mol. The topological polar surface area (TPSA) is 63.6 Å². The standard InChI is InChI=1S/C6H9ClO4/c1-4(5(8)9)2-3-11-6(7)10/h4H,2-3H2,1H3,(H,8,9). The first-order chi connectivity index (χ1) is 5.04. The lowest BCUT2D eigenvalue weighted by atomic mass is 10.1. The second-order valence-corrected chi connectivity index (χ2v) is 2.42. The zero-order valence-corrected chi connectivity index (χ0v) is 6.80. The molecule has 0 saturated carbocycles. The minimum Gasteiger partial charge on any atom is -0.481 e. The molecular weight excluding hydrogens is 172 g/mol. The molecule has 0 aliphatic heterocycles. The van der Waals surface area contributed by atoms with E-state index < -0.39 is 17.3 Å². The number of carboxylic acids is 1. The summed E-state index contributed by atoms with van der Waals surface area (Å²) in [7, 11) is 0. The molecule has 0 heterocycles. The van der Waals surface area contributed by atoms with Crippen LogP contribution in [0.25, 0.3) is 0 Å². The molecule has 0 aliphatic rings. The quantitative estimate of drug-likeness (QED) is 0.666. The molecule has 0 aromatic carbocycles. The number of ether oxygens (including phenoxy) is 1. The predicted octanol–water partition coefficient (Wildman–Crippen LogP) is 1.47. The summed E-state index contributed by atoms with van der Waals surface area (Å²) in [6.45, 7) is 1.58. The Kier molecular flexibility index (Phi) is 4.61. The first-order valence-corrected chi connectivity index (χ1v) is 3.47. The molecule has 0 aromatic rings. The van der Waals surface area contributed by atoms with Gasteiger partial charge in [0, 0.05) is 11.6 Å². The molecule has 1 atom stereocenters. The van der Waals surface area contributed by atoms with Crippen LogP contribution in [0.1, 0.15) is 13.3 Å². The lowest BCUT2D eigenvalue weighted by Crippen LogP contribution is -2.12. The predicted molar refractivity (Wildman–Crippen MR) is 38.6 cm³/mol. The van der Waals surface area contributed by atoms with Crippen molar-refractivity contribution in [2.24, 2.45) is 5.92 Å². The molecule has 0 fully saturated rings. The molecule has 0 amide bonds. The minimum atomic E-state index is -0.907. The van der Waals surface area contributed by atoms with Gasteiger partial charge in [-0.1, -0.05) is 6.92 Å². The fraction of sp³-hybridized carbons (Fsp3) is 0.667. The number of carbonyl (C=O) groups is 2. The summed E-state index contributed by atoms with van der Waals surface area (Å²) in [5, 5.41) is 8.37. The van der Waals surface area contributed by atoms with Gasteiger partial charge in [0.05, 0.1) is 12.5 Å². The van der Waals surface area contributed by atoms with Crippen LogP contribution in [0.5, 0.6) is 0 Å². The smallest absolute Gasteiger partial charge is 0.403 e. The van der Waals surface area contributed by atoms with Crippen LogP contribution >= 0.6 is 11.6 Å². The lowest BCUT2D eigenvalue weighted by Gasteiger charge is -2.03. The monoisotopic (exact) mass is 180 g/mol. The summed E-state index contributed by atoms with van der Waals surface area (Å²) >= 11 is 4.83. The van der Waals surface area contributed by atoms with Crippen LogP contribution in [0.3, 0.4) is 0 Å². The van der Waals surface area contributed by atoms with Crippen molar-refractivity contribution < 1.29 is 19.4 Å². The highest BCUT2D eigenvalue weighted by atomic mass is 35.5. The van der Waals surface area contributed by atoms with Gasteiger partial charge in [-0.05, 0) is 6.42 Å². The fourth-order valence-corrected chi connectivity index (χ4v) is 0.517. The van der Waals surface area contributed by atoms with Crippen molar-refractivity contribution in [3.63, 3.8) is 0 Å². The van der Waals surface area contributed by atoms with Crippen molar-refractivity contribution in [2.75, 3.05) is 6.61 Å². The minimum absolute atomic E-state index is 0.0514. The van der Waals surface area contributed by atoms with E-state index in [0.717, 1.165) is 0 Å². The van der Waals surface area contributed by atoms with Gasteiger partial charge in [0.15, 0.2) is 0 Å². The molecule has 0 saturated heterocycles. The van der Waals surface area contributed by atoms with Gasteiger partial charge in [-0.15, -0.1) is 0 Å². The van der Waals surface area contributed by atoms with Crippen molar-refractivity contribution in [1.29, 1.82) is 0 Å². The number of hydrogen-bond donors (Lipinski definition) is 1. The highest BCUT2D eigenvalue weighted by molar-refractivity contribution is 6.61. The summed E-state index contributed by atoms with van der Waals surface area (Å²) in [5.74, 6) is -1.42. The van der Waals surface area contributed by atoms with Crippen molar-refractivity contribution in [3.8, 4) is 0 Å². The van der Waals surface area contributed by atoms with Crippen LogP contribution in [0.15, 0.2) is 0 Å². The lowest BCUT2D eigenvalue weighted by molar-refractivity contribution is -0.141. The van der Waals surface area contributed by atoms with E-state index in [1.54, 1.807) is 0 Å². The molecule has 0 radical (unpaired) electrons. The summed E-state index contributed by atoms with van der Waals surface area (Å²) in [5.41, 5.74) is -0.900. The first kappa shape index (κ1) is 10.2. The van der Waals surface area contributed by atoms with E-state index in [2.05, 4.69) is 4.74 Å². The van der Waals surface area contributed by atoms with Crippen LogP contribution in [0, 0.1) is 5.92 Å². The Bertz CT molecular complexity index is 157. The van der Waals surface area contributed by atoms with E-state index in [4.69, 9.17) is 16.7 Å². The summed E-state index contributed by atoms with van der Waals surface area (Å²) in [6.07, 6.45) is 0.286. The van der Waals surface area contributed by atoms with Crippen LogP contribution < -0.4 is 0 Å². The Morgan fingerprint density at radius 2 is 2.18 bits per heavy atom. The largest absolute Gasteiger partial charge is 0.481 e. The van der Waals surface area contributed by atoms with Gasteiger partial charge in [-0.25, -0.2) is 4.79 Å². The Hall–Kier alpha value is -0.770. The van der Waals surface area contributed by atoms with Crippen molar-refractivity contribution in [3.05, 3.63) is 0 Å². The molecule has 0 bridgehead atoms. The van der Waals surface area contributed by atoms with Crippen LogP contribution in [0.4, 0.5) is 4.79 Å². The number of rotatable bonds is 4. The van der Waals surface area contributed by atoms with Crippen LogP contribution in [0.2, 0.25) is 0 Å². The summed E-state index contributed by atoms with van der Waals surface area (Å²) in [4.78, 5) is 20.2. The maximum atomic E-state index is 10.2. The Balaban J connectivity index is 3.39. The van der Waals surface area contributed by atoms with Gasteiger partial charge >= 0.3 is 11.4 Å². The maximum absolute atomic E-state index is 10.2. The van der Waals surface area contributed by atoms with E-state index in [0.29, 0.717) is 0 Å². The molecule has 5 heteroatoms. The van der Waals surface area contributed by atoms with Gasteiger partial charge < -0.3 is 9.84 Å². The zero-order chi connectivity index (χ0) is 8.85. The number of carbonyl (C=O) groups excluding carboxylic acids is 1. The molecule has 1 N–H and O–H groups in total. The average Bonchev–Trinajstić information content (AvgIpc) is 1.86. The summed E-state index contributed by atoms with van der Waals surface area (Å²) in [6, 6.07) is 0. The Labute approximate surface area is 69.1 Å². The highest BCUT2D eigenvalue weighted by Gasteiger charge is 2.10. The Morgan fingerprint density at radius 1 is 1.64 bits per heavy atom. The van der Waals surface area contributed by atoms with Gasteiger partial charge in [0.25, 0.3) is 0 Å². The molecule has 4 nitrogen and oxygen atoms in total. The first-order valence-electron chi connectivity index (χ1n) is 3.09. The molecule has 0 aliphatic carbocycles. The van der Waals surface area contributed by atoms with Gasteiger partial charge in [0.2, 0.25) is 0 Å². The highest BCUT2D eigenvalue weighted by Crippen LogP contribution is 2.02. The fourth-order valence-electron chi connectivity index (χ4n) is 0.439. The van der Waals surface area contributed by atoms with Gasteiger partial charge in [-0.2, -0.15) is 0 Å². The molecule has 11 heavy (non-hydrogen) atoms. The second kappa shape index (κ2) is 4.96. The summed E-state index contributed by atoms with van der Waals surface area (Å²) < 4.78 is 4.33. The molecule has 0 rings (SSSR count). The van der Waals surface area contributed by atoms with Crippen LogP contribution in [-0.2, 0) is 9.53 Å². The normalized spacial score (nSPS) is 12.2. The van der Waals surface area contributed by atoms with E-state index in [1.165, 1.54) is 6.92 Å². The van der Waals surface area contributed by atoms with E-state index in [1.807, 2.05) is 0 Å². The Morgan fingerprint density at radius 3 is 2.55 bits per heavy atom. The van der Waals surface area contributed by atoms with Crippen LogP contribution in [-0.4, -0.2) is 23.1 Å². The molecule has 64 valence electrons. The third kappa shape index (κ3) is 5.66. The molecular formula is C6H9ClO4. The number of halogens is 1. The van der Waals surface area contributed by atoms with Crippen molar-refractivity contribution in [2.45, 2.75) is 13.3 Å². The van der Waals surface area contributed by atoms with E-state index in [-0.39, 0.29) is 13.0 Å². The third-order valence-electron chi connectivity index (χ3n) is 1.19. The third-order valence-corrected chi connectivity index (χ3v) is 1.30. The number of carboxylic acid groups (broad SMARTS) is 1. The molecule has 0 spiro atoms. The van der Waals surface area contributed by atoms with Crippen molar-refractivity contribution >= 4 is 23.0 Å². The van der Waals surface area contributed by atoms with Crippen molar-refractivity contribution in [1.82, 2.24) is 0 Å². The number of hydrogen-bond acceptors (Lipinski definition) is 3. The van der Waals surface area contributed by atoms with E-state index >= 15 is 0 Å². The molecule has 0 aromatic heterocycles. The van der Waals surface area contributed by atoms with Gasteiger partial charge in [-0.3, -0.25) is 4.79 Å². The SMILES string of the molecule is CC(CCOC(=O)Cl)C(=O)O. The maximum Gasteiger partial charge on any atom is 0.403 e. The van der Waals surface area contributed by atoms with E-state index in [9.17, 15) is 9.59 Å². The number of aliphatic carboxylic acids is 1. The van der Waals surface area contributed by atoms with Gasteiger partial charge in [0.1, 0.15) is 0 Å². The molecule has 1 unspecified atom stereocenters. The zero-order valence-electron chi connectivity index (χ0n) is 6.04. The second-order valence-electron chi connectivity index (χ2n) is 2.11.